The lowest BCUT2D eigenvalue weighted by Gasteiger charge is -2.05. The van der Waals surface area contributed by atoms with Crippen molar-refractivity contribution >= 4 is 0 Å². The van der Waals surface area contributed by atoms with E-state index in [0.717, 1.165) is 11.8 Å². The molecule has 0 amide bonds. The van der Waals surface area contributed by atoms with Crippen molar-refractivity contribution < 1.29 is 0 Å². The van der Waals surface area contributed by atoms with Crippen LogP contribution in [0.1, 0.15) is 39.0 Å². The minimum atomic E-state index is 0.759. The van der Waals surface area contributed by atoms with E-state index in [2.05, 4.69) is 13.8 Å². The summed E-state index contributed by atoms with van der Waals surface area (Å²) in [6, 6.07) is 0. The summed E-state index contributed by atoms with van der Waals surface area (Å²) in [4.78, 5) is 0. The highest BCUT2D eigenvalue weighted by Gasteiger charge is 2.11. The van der Waals surface area contributed by atoms with Gasteiger partial charge < -0.3 is 0 Å². The Kier molecular flexibility index (Phi) is 2.56. The Labute approximate surface area is 58.7 Å². The second-order valence-electron chi connectivity index (χ2n) is 3.48. The van der Waals surface area contributed by atoms with Crippen molar-refractivity contribution in [3.8, 4) is 0 Å². The first-order chi connectivity index (χ1) is 4.29. The Balaban J connectivity index is 2.25. The van der Waals surface area contributed by atoms with Crippen molar-refractivity contribution in [1.29, 1.82) is 0 Å². The lowest BCUT2D eigenvalue weighted by molar-refractivity contribution is 0.493. The van der Waals surface area contributed by atoms with Gasteiger partial charge in [-0.1, -0.05) is 46.0 Å². The van der Waals surface area contributed by atoms with Crippen molar-refractivity contribution in [3.63, 3.8) is 0 Å². The summed E-state index contributed by atoms with van der Waals surface area (Å²) >= 11 is 0. The molecule has 1 aliphatic carbocycles. The standard InChI is InChI=1S/C9H17/c1-8-4-3-5-9(2)7-6-8/h8-9H,1,3-7H2,2H3. The Morgan fingerprint density at radius 2 is 1.89 bits per heavy atom. The smallest absolute Gasteiger partial charge is 0.0414 e. The van der Waals surface area contributed by atoms with Crippen molar-refractivity contribution in [2.24, 2.45) is 11.8 Å². The predicted molar refractivity (Wildman–Crippen MR) is 41.1 cm³/mol. The molecule has 0 aromatic heterocycles. The van der Waals surface area contributed by atoms with Crippen LogP contribution in [0, 0.1) is 18.8 Å². The van der Waals surface area contributed by atoms with Crippen molar-refractivity contribution in [1.82, 2.24) is 0 Å². The van der Waals surface area contributed by atoms with Gasteiger partial charge in [-0.25, -0.2) is 0 Å². The third kappa shape index (κ3) is 2.38. The van der Waals surface area contributed by atoms with E-state index in [9.17, 15) is 0 Å². The summed E-state index contributed by atoms with van der Waals surface area (Å²) < 4.78 is 0. The monoisotopic (exact) mass is 125 g/mol. The summed E-state index contributed by atoms with van der Waals surface area (Å²) in [5.74, 6) is 1.73. The van der Waals surface area contributed by atoms with Crippen LogP contribution in [0.25, 0.3) is 0 Å². The molecule has 2 atom stereocenters. The zero-order chi connectivity index (χ0) is 6.69. The first-order valence-electron chi connectivity index (χ1n) is 4.12. The quantitative estimate of drug-likeness (QED) is 0.436. The van der Waals surface area contributed by atoms with Gasteiger partial charge in [0.05, 0.1) is 0 Å². The lowest BCUT2D eigenvalue weighted by Crippen LogP contribution is -1.92. The molecule has 1 rings (SSSR count). The summed E-state index contributed by atoms with van der Waals surface area (Å²) in [5.41, 5.74) is 0. The molecule has 0 heterocycles. The molecule has 0 N–H and O–H groups in total. The molecule has 53 valence electrons. The van der Waals surface area contributed by atoms with Crippen LogP contribution in [0.2, 0.25) is 0 Å². The fourth-order valence-electron chi connectivity index (χ4n) is 1.56. The Bertz CT molecular complexity index is 66.1. The second kappa shape index (κ2) is 3.24. The minimum Gasteiger partial charge on any atom is -0.0625 e. The van der Waals surface area contributed by atoms with E-state index in [4.69, 9.17) is 0 Å². The van der Waals surface area contributed by atoms with Gasteiger partial charge in [0.25, 0.3) is 0 Å². The highest BCUT2D eigenvalue weighted by atomic mass is 14.2. The molecule has 1 saturated carbocycles. The Hall–Kier alpha value is 0. The molecule has 0 aromatic rings. The van der Waals surface area contributed by atoms with Gasteiger partial charge in [-0.05, 0) is 11.8 Å². The largest absolute Gasteiger partial charge is 0.0625 e. The molecule has 0 aliphatic heterocycles. The molecule has 1 radical (unpaired) electrons. The highest BCUT2D eigenvalue weighted by molar-refractivity contribution is 4.68. The average molecular weight is 125 g/mol. The minimum absolute atomic E-state index is 0.759. The van der Waals surface area contributed by atoms with Crippen LogP contribution in [0.4, 0.5) is 0 Å². The molecule has 0 spiro atoms. The van der Waals surface area contributed by atoms with E-state index in [0.29, 0.717) is 0 Å². The number of hydrogen-bond donors (Lipinski definition) is 0. The molecular formula is C9H17. The van der Waals surface area contributed by atoms with Gasteiger partial charge in [0.15, 0.2) is 0 Å². The van der Waals surface area contributed by atoms with Gasteiger partial charge in [0.2, 0.25) is 0 Å². The number of rotatable bonds is 0. The van der Waals surface area contributed by atoms with Gasteiger partial charge >= 0.3 is 0 Å². The fourth-order valence-corrected chi connectivity index (χ4v) is 1.56. The molecule has 0 heteroatoms. The summed E-state index contributed by atoms with van der Waals surface area (Å²) in [6.45, 7) is 6.45. The van der Waals surface area contributed by atoms with E-state index in [1.807, 2.05) is 0 Å². The van der Waals surface area contributed by atoms with Gasteiger partial charge in [-0.3, -0.25) is 0 Å². The molecule has 0 nitrogen and oxygen atoms in total. The maximum absolute atomic E-state index is 4.09. The fraction of sp³-hybridized carbons (Fsp3) is 0.889. The molecule has 0 saturated heterocycles. The van der Waals surface area contributed by atoms with Gasteiger partial charge in [-0.2, -0.15) is 0 Å². The van der Waals surface area contributed by atoms with E-state index < -0.39 is 0 Å². The van der Waals surface area contributed by atoms with E-state index in [1.54, 1.807) is 0 Å². The van der Waals surface area contributed by atoms with Crippen LogP contribution in [-0.2, 0) is 0 Å². The third-order valence-corrected chi connectivity index (χ3v) is 2.38. The zero-order valence-corrected chi connectivity index (χ0v) is 6.40. The predicted octanol–water partition coefficient (Wildman–Crippen LogP) is 3.04. The van der Waals surface area contributed by atoms with E-state index in [-0.39, 0.29) is 0 Å². The second-order valence-corrected chi connectivity index (χ2v) is 3.48. The first kappa shape index (κ1) is 7.11. The van der Waals surface area contributed by atoms with Gasteiger partial charge in [0, 0.05) is 0 Å². The normalized spacial score (nSPS) is 38.0. The zero-order valence-electron chi connectivity index (χ0n) is 6.40. The van der Waals surface area contributed by atoms with Crippen LogP contribution in [-0.4, -0.2) is 0 Å². The Morgan fingerprint density at radius 1 is 1.11 bits per heavy atom. The van der Waals surface area contributed by atoms with Crippen LogP contribution in [0.15, 0.2) is 0 Å². The summed E-state index contributed by atoms with van der Waals surface area (Å²) in [7, 11) is 0. The number of hydrogen-bond acceptors (Lipinski definition) is 0. The molecule has 9 heavy (non-hydrogen) atoms. The molecular weight excluding hydrogens is 108 g/mol. The Morgan fingerprint density at radius 3 is 2.67 bits per heavy atom. The van der Waals surface area contributed by atoms with E-state index in [1.165, 1.54) is 32.1 Å². The summed E-state index contributed by atoms with van der Waals surface area (Å²) in [5, 5.41) is 0. The maximum atomic E-state index is 4.09. The molecule has 0 aromatic carbocycles. The molecule has 2 unspecified atom stereocenters. The van der Waals surface area contributed by atoms with Crippen molar-refractivity contribution in [2.75, 3.05) is 0 Å². The highest BCUT2D eigenvalue weighted by Crippen LogP contribution is 2.25. The summed E-state index contributed by atoms with van der Waals surface area (Å²) in [6.07, 6.45) is 6.99. The van der Waals surface area contributed by atoms with Gasteiger partial charge in [0.1, 0.15) is 0 Å². The topological polar surface area (TPSA) is 0 Å². The molecule has 1 aliphatic rings. The van der Waals surface area contributed by atoms with Crippen LogP contribution < -0.4 is 0 Å². The van der Waals surface area contributed by atoms with Crippen LogP contribution in [0.3, 0.4) is 0 Å². The third-order valence-electron chi connectivity index (χ3n) is 2.38. The van der Waals surface area contributed by atoms with Crippen molar-refractivity contribution in [2.45, 2.75) is 39.0 Å². The maximum Gasteiger partial charge on any atom is -0.0414 e. The lowest BCUT2D eigenvalue weighted by atomic mass is 10.0. The van der Waals surface area contributed by atoms with Crippen LogP contribution >= 0.6 is 0 Å². The van der Waals surface area contributed by atoms with Crippen molar-refractivity contribution in [3.05, 3.63) is 6.92 Å². The van der Waals surface area contributed by atoms with Crippen LogP contribution in [0.5, 0.6) is 0 Å². The average Bonchev–Trinajstić information content (AvgIpc) is 1.97. The van der Waals surface area contributed by atoms with Gasteiger partial charge in [-0.15, -0.1) is 0 Å². The molecule has 0 bridgehead atoms. The first-order valence-corrected chi connectivity index (χ1v) is 4.12. The SMILES string of the molecule is [CH2]C1CCCC(C)CC1. The molecule has 1 fully saturated rings. The van der Waals surface area contributed by atoms with E-state index >= 15 is 0 Å².